The molecule has 0 atom stereocenters. The molecule has 8 aromatic rings. The van der Waals surface area contributed by atoms with E-state index in [0.29, 0.717) is 0 Å². The molecule has 0 N–H and O–H groups in total. The van der Waals surface area contributed by atoms with E-state index in [4.69, 9.17) is 0 Å². The summed E-state index contributed by atoms with van der Waals surface area (Å²) in [6.07, 6.45) is 2.34. The Bertz CT molecular complexity index is 2860. The van der Waals surface area contributed by atoms with Gasteiger partial charge in [0.25, 0.3) is 6.71 Å². The lowest BCUT2D eigenvalue weighted by atomic mass is 9.33. The number of aromatic nitrogens is 1. The fourth-order valence-electron chi connectivity index (χ4n) is 10.5. The second-order valence-corrected chi connectivity index (χ2v) is 17.6. The van der Waals surface area contributed by atoms with Gasteiger partial charge in [-0.1, -0.05) is 155 Å². The predicted molar refractivity (Wildman–Crippen MR) is 239 cm³/mol. The Labute approximate surface area is 331 Å². The van der Waals surface area contributed by atoms with Gasteiger partial charge in [-0.15, -0.1) is 0 Å². The molecular formula is C53H45BN2. The third-order valence-corrected chi connectivity index (χ3v) is 13.3. The van der Waals surface area contributed by atoms with Gasteiger partial charge in [-0.3, -0.25) is 0 Å². The van der Waals surface area contributed by atoms with E-state index < -0.39 is 0 Å². The second-order valence-electron chi connectivity index (χ2n) is 17.6. The number of anilines is 3. The summed E-state index contributed by atoms with van der Waals surface area (Å²) in [6.45, 7) is 12.1. The van der Waals surface area contributed by atoms with Gasteiger partial charge in [0.15, 0.2) is 0 Å². The highest BCUT2D eigenvalue weighted by atomic mass is 15.2. The summed E-state index contributed by atoms with van der Waals surface area (Å²) < 4.78 is 2.62. The van der Waals surface area contributed by atoms with Gasteiger partial charge >= 0.3 is 0 Å². The molecule has 0 spiro atoms. The standard InChI is InChI=1S/C53H45BN2/c1-34-30-41-39-25-17-26-40-48(39)51(55(37-22-13-8-14-23-37)50(40)36-20-11-7-12-21-36)54-44-32-42-43(53(4,5)29-28-52(42,2)3)33-46(44)56(47(31-34)49(41)54)45-27-16-15-24-38(45)35-18-9-6-10-19-35/h6-27,30-33H,28-29H2,1-5H3. The fourth-order valence-corrected chi connectivity index (χ4v) is 10.5. The van der Waals surface area contributed by atoms with Crippen LogP contribution in [-0.2, 0) is 10.8 Å². The van der Waals surface area contributed by atoms with E-state index >= 15 is 0 Å². The monoisotopic (exact) mass is 720 g/mol. The molecule has 11 rings (SSSR count). The van der Waals surface area contributed by atoms with Crippen LogP contribution in [0.4, 0.5) is 17.1 Å². The molecule has 0 unspecified atom stereocenters. The van der Waals surface area contributed by atoms with Crippen LogP contribution < -0.4 is 21.4 Å². The molecular weight excluding hydrogens is 675 g/mol. The van der Waals surface area contributed by atoms with Gasteiger partial charge in [-0.05, 0) is 111 Å². The summed E-state index contributed by atoms with van der Waals surface area (Å²) >= 11 is 0. The molecule has 2 nitrogen and oxygen atoms in total. The maximum absolute atomic E-state index is 2.66. The van der Waals surface area contributed by atoms with Gasteiger partial charge in [0.05, 0.1) is 11.4 Å². The molecule has 0 bridgehead atoms. The zero-order valence-electron chi connectivity index (χ0n) is 32.9. The maximum Gasteiger partial charge on any atom is 0.269 e. The molecule has 56 heavy (non-hydrogen) atoms. The lowest BCUT2D eigenvalue weighted by molar-refractivity contribution is 0.332. The van der Waals surface area contributed by atoms with Crippen LogP contribution in [0.3, 0.4) is 0 Å². The van der Waals surface area contributed by atoms with Crippen molar-refractivity contribution in [2.45, 2.75) is 58.3 Å². The van der Waals surface area contributed by atoms with E-state index in [1.807, 2.05) is 0 Å². The largest absolute Gasteiger partial charge is 0.320 e. The van der Waals surface area contributed by atoms with Crippen molar-refractivity contribution in [2.24, 2.45) is 0 Å². The molecule has 3 heteroatoms. The average Bonchev–Trinajstić information content (AvgIpc) is 3.57. The summed E-state index contributed by atoms with van der Waals surface area (Å²) in [5, 5.41) is 2.67. The molecule has 0 saturated carbocycles. The van der Waals surface area contributed by atoms with Crippen LogP contribution in [0.1, 0.15) is 57.2 Å². The van der Waals surface area contributed by atoms with E-state index in [-0.39, 0.29) is 17.5 Å². The Balaban J connectivity index is 1.33. The molecule has 1 aliphatic carbocycles. The molecule has 0 amide bonds. The minimum absolute atomic E-state index is 0.0111. The quantitative estimate of drug-likeness (QED) is 0.164. The molecule has 0 radical (unpaired) electrons. The number of hydrogen-bond acceptors (Lipinski definition) is 1. The maximum atomic E-state index is 2.66. The van der Waals surface area contributed by atoms with Crippen molar-refractivity contribution < 1.29 is 0 Å². The zero-order chi connectivity index (χ0) is 37.9. The molecule has 0 fully saturated rings. The van der Waals surface area contributed by atoms with Gasteiger partial charge in [-0.25, -0.2) is 0 Å². The Morgan fingerprint density at radius 2 is 1.12 bits per heavy atom. The number of rotatable bonds is 4. The van der Waals surface area contributed by atoms with Crippen molar-refractivity contribution >= 4 is 51.1 Å². The third kappa shape index (κ3) is 4.70. The number of fused-ring (bicyclic) bond motifs is 5. The number of nitrogens with zero attached hydrogens (tertiary/aromatic N) is 2. The van der Waals surface area contributed by atoms with Crippen LogP contribution >= 0.6 is 0 Å². The Kier molecular flexibility index (Phi) is 7.12. The topological polar surface area (TPSA) is 8.17 Å². The number of para-hydroxylation sites is 2. The first-order valence-corrected chi connectivity index (χ1v) is 20.3. The van der Waals surface area contributed by atoms with Crippen LogP contribution in [0.15, 0.2) is 158 Å². The van der Waals surface area contributed by atoms with Gasteiger partial charge in [-0.2, -0.15) is 0 Å². The molecule has 2 aliphatic heterocycles. The lowest BCUT2D eigenvalue weighted by Crippen LogP contribution is -2.61. The molecule has 3 heterocycles. The van der Waals surface area contributed by atoms with E-state index in [2.05, 4.69) is 202 Å². The minimum Gasteiger partial charge on any atom is -0.320 e. The first kappa shape index (κ1) is 33.3. The average molecular weight is 721 g/mol. The Morgan fingerprint density at radius 3 is 1.84 bits per heavy atom. The number of aryl methyl sites for hydroxylation is 1. The molecule has 3 aliphatic rings. The normalized spacial score (nSPS) is 15.7. The minimum atomic E-state index is 0.0111. The highest BCUT2D eigenvalue weighted by Crippen LogP contribution is 2.51. The Hall–Kier alpha value is -6.06. The van der Waals surface area contributed by atoms with E-state index in [1.54, 1.807) is 0 Å². The summed E-state index contributed by atoms with van der Waals surface area (Å²) in [7, 11) is 0. The van der Waals surface area contributed by atoms with Crippen LogP contribution in [0.5, 0.6) is 0 Å². The smallest absolute Gasteiger partial charge is 0.269 e. The molecule has 7 aromatic carbocycles. The van der Waals surface area contributed by atoms with Crippen molar-refractivity contribution in [1.29, 1.82) is 0 Å². The summed E-state index contributed by atoms with van der Waals surface area (Å²) in [5.41, 5.74) is 21.1. The highest BCUT2D eigenvalue weighted by molar-refractivity contribution is 7.00. The lowest BCUT2D eigenvalue weighted by Gasteiger charge is -2.46. The summed E-state index contributed by atoms with van der Waals surface area (Å²) in [4.78, 5) is 2.64. The van der Waals surface area contributed by atoms with Gasteiger partial charge < -0.3 is 9.47 Å². The molecule has 0 saturated heterocycles. The van der Waals surface area contributed by atoms with Crippen molar-refractivity contribution in [1.82, 2.24) is 4.57 Å². The predicted octanol–water partition coefficient (Wildman–Crippen LogP) is 11.9. The SMILES string of the molecule is Cc1cc2c3c(c1)N(c1ccccc1-c1ccccc1)c1cc4c(cc1B3c1c3c-2cccc3c(-c2ccccc2)n1-c1ccccc1)C(C)(C)CCC4(C)C. The Morgan fingerprint density at radius 1 is 0.518 bits per heavy atom. The molecule has 270 valence electrons. The third-order valence-electron chi connectivity index (χ3n) is 13.3. The first-order chi connectivity index (χ1) is 27.2. The van der Waals surface area contributed by atoms with Crippen LogP contribution in [-0.4, -0.2) is 11.3 Å². The zero-order valence-corrected chi connectivity index (χ0v) is 32.9. The van der Waals surface area contributed by atoms with E-state index in [0.717, 1.165) is 0 Å². The van der Waals surface area contributed by atoms with Gasteiger partial charge in [0, 0.05) is 39.0 Å². The van der Waals surface area contributed by atoms with Crippen molar-refractivity contribution in [3.8, 4) is 39.2 Å². The van der Waals surface area contributed by atoms with Crippen molar-refractivity contribution in [2.75, 3.05) is 4.90 Å². The van der Waals surface area contributed by atoms with Crippen LogP contribution in [0, 0.1) is 6.92 Å². The van der Waals surface area contributed by atoms with Gasteiger partial charge in [0.1, 0.15) is 0 Å². The van der Waals surface area contributed by atoms with Crippen molar-refractivity contribution in [3.63, 3.8) is 0 Å². The summed E-state index contributed by atoms with van der Waals surface area (Å²) in [5.74, 6) is 0. The van der Waals surface area contributed by atoms with E-state index in [1.165, 1.54) is 113 Å². The number of benzene rings is 7. The van der Waals surface area contributed by atoms with E-state index in [9.17, 15) is 0 Å². The van der Waals surface area contributed by atoms with Crippen LogP contribution in [0.25, 0.3) is 50.0 Å². The van der Waals surface area contributed by atoms with Gasteiger partial charge in [0.2, 0.25) is 0 Å². The van der Waals surface area contributed by atoms with Crippen LogP contribution in [0.2, 0.25) is 0 Å². The van der Waals surface area contributed by atoms with Crippen molar-refractivity contribution in [3.05, 3.63) is 174 Å². The second kappa shape index (κ2) is 12.0. The highest BCUT2D eigenvalue weighted by Gasteiger charge is 2.47. The fraction of sp³-hybridized carbons (Fsp3) is 0.170. The first-order valence-electron chi connectivity index (χ1n) is 20.3. The molecule has 1 aromatic heterocycles. The summed E-state index contributed by atoms with van der Waals surface area (Å²) in [6, 6.07) is 59.3. The number of hydrogen-bond donors (Lipinski definition) is 0.